The molecule has 1 fully saturated rings. The number of anilines is 1. The molecule has 1 aromatic carbocycles. The first kappa shape index (κ1) is 10.2. The monoisotopic (exact) mass is 216 g/mol. The number of likely N-dealkylation sites (N-methyl/N-ethyl adjacent to an activating group) is 1. The fourth-order valence-electron chi connectivity index (χ4n) is 2.79. The molecule has 1 N–H and O–H groups in total. The van der Waals surface area contributed by atoms with E-state index in [4.69, 9.17) is 0 Å². The van der Waals surface area contributed by atoms with Crippen LogP contribution in [-0.4, -0.2) is 26.7 Å². The number of hydrogen-bond acceptors (Lipinski definition) is 2. The molecule has 0 spiro atoms. The summed E-state index contributed by atoms with van der Waals surface area (Å²) in [5.41, 5.74) is 3.02. The number of para-hydroxylation sites is 1. The molecular formula is C14H20N2. The molecule has 3 rings (SSSR count). The maximum absolute atomic E-state index is 3.31. The molecule has 2 aliphatic rings. The van der Waals surface area contributed by atoms with Crippen LogP contribution in [0, 0.1) is 5.92 Å². The summed E-state index contributed by atoms with van der Waals surface area (Å²) >= 11 is 0. The van der Waals surface area contributed by atoms with Gasteiger partial charge in [0.2, 0.25) is 0 Å². The van der Waals surface area contributed by atoms with Gasteiger partial charge in [0, 0.05) is 31.2 Å². The van der Waals surface area contributed by atoms with E-state index in [0.717, 1.165) is 12.5 Å². The first-order valence-corrected chi connectivity index (χ1v) is 6.37. The Balaban J connectivity index is 1.82. The minimum absolute atomic E-state index is 0.681. The summed E-state index contributed by atoms with van der Waals surface area (Å²) < 4.78 is 0. The third-order valence-electron chi connectivity index (χ3n) is 3.78. The molecule has 1 unspecified atom stereocenters. The highest BCUT2D eigenvalue weighted by molar-refractivity contribution is 5.60. The average molecular weight is 216 g/mol. The van der Waals surface area contributed by atoms with Crippen molar-refractivity contribution in [2.24, 2.45) is 5.92 Å². The Morgan fingerprint density at radius 2 is 2.12 bits per heavy atom. The molecule has 0 amide bonds. The molecule has 86 valence electrons. The van der Waals surface area contributed by atoms with Crippen LogP contribution in [0.2, 0.25) is 0 Å². The average Bonchev–Trinajstić information content (AvgIpc) is 3.05. The molecule has 2 nitrogen and oxygen atoms in total. The van der Waals surface area contributed by atoms with Crippen LogP contribution in [0.4, 0.5) is 5.69 Å². The lowest BCUT2D eigenvalue weighted by atomic mass is 10.0. The molecule has 0 bridgehead atoms. The topological polar surface area (TPSA) is 15.3 Å². The zero-order valence-corrected chi connectivity index (χ0v) is 9.95. The van der Waals surface area contributed by atoms with Gasteiger partial charge < -0.3 is 10.2 Å². The van der Waals surface area contributed by atoms with E-state index in [9.17, 15) is 0 Å². The van der Waals surface area contributed by atoms with Crippen molar-refractivity contribution in [1.29, 1.82) is 0 Å². The molecule has 0 radical (unpaired) electrons. The van der Waals surface area contributed by atoms with Gasteiger partial charge in [0.15, 0.2) is 0 Å². The van der Waals surface area contributed by atoms with Crippen LogP contribution in [0.3, 0.4) is 0 Å². The van der Waals surface area contributed by atoms with Gasteiger partial charge in [0.05, 0.1) is 0 Å². The minimum Gasteiger partial charge on any atom is -0.370 e. The third-order valence-corrected chi connectivity index (χ3v) is 3.78. The molecule has 0 aromatic heterocycles. The van der Waals surface area contributed by atoms with Crippen molar-refractivity contribution in [2.45, 2.75) is 18.8 Å². The number of rotatable bonds is 4. The molecule has 1 heterocycles. The second-order valence-corrected chi connectivity index (χ2v) is 5.16. The van der Waals surface area contributed by atoms with Gasteiger partial charge in [-0.2, -0.15) is 0 Å². The lowest BCUT2D eigenvalue weighted by molar-refractivity contribution is 0.628. The quantitative estimate of drug-likeness (QED) is 0.830. The lowest BCUT2D eigenvalue weighted by Gasteiger charge is -2.19. The maximum atomic E-state index is 3.31. The normalized spacial score (nSPS) is 23.6. The van der Waals surface area contributed by atoms with Crippen LogP contribution in [-0.2, 0) is 0 Å². The summed E-state index contributed by atoms with van der Waals surface area (Å²) in [5.74, 6) is 1.65. The van der Waals surface area contributed by atoms with Crippen molar-refractivity contribution in [3.8, 4) is 0 Å². The lowest BCUT2D eigenvalue weighted by Crippen LogP contribution is -2.27. The van der Waals surface area contributed by atoms with Crippen molar-refractivity contribution < 1.29 is 0 Å². The summed E-state index contributed by atoms with van der Waals surface area (Å²) in [6.07, 6.45) is 2.88. The highest BCUT2D eigenvalue weighted by atomic mass is 15.2. The molecular weight excluding hydrogens is 196 g/mol. The van der Waals surface area contributed by atoms with E-state index < -0.39 is 0 Å². The predicted octanol–water partition coefficient (Wildman–Crippen LogP) is 2.22. The Morgan fingerprint density at radius 1 is 1.31 bits per heavy atom. The summed E-state index contributed by atoms with van der Waals surface area (Å²) in [6, 6.07) is 8.92. The van der Waals surface area contributed by atoms with E-state index in [-0.39, 0.29) is 0 Å². The highest BCUT2D eigenvalue weighted by Gasteiger charge is 2.31. The Morgan fingerprint density at radius 3 is 2.88 bits per heavy atom. The Kier molecular flexibility index (Phi) is 2.60. The van der Waals surface area contributed by atoms with Crippen LogP contribution in [0.25, 0.3) is 0 Å². The molecule has 1 aliphatic carbocycles. The first-order chi connectivity index (χ1) is 7.88. The molecule has 2 heteroatoms. The first-order valence-electron chi connectivity index (χ1n) is 6.37. The zero-order valence-electron chi connectivity index (χ0n) is 9.95. The third kappa shape index (κ3) is 1.82. The summed E-state index contributed by atoms with van der Waals surface area (Å²) in [6.45, 7) is 3.58. The number of fused-ring (bicyclic) bond motifs is 1. The SMILES string of the molecule is CNCC1CN(CC2CC2)c2ccccc21. The molecule has 1 aliphatic heterocycles. The van der Waals surface area contributed by atoms with Crippen LogP contribution in [0.1, 0.15) is 24.3 Å². The van der Waals surface area contributed by atoms with E-state index in [1.54, 1.807) is 0 Å². The van der Waals surface area contributed by atoms with Crippen molar-refractivity contribution in [2.75, 3.05) is 31.6 Å². The second kappa shape index (κ2) is 4.10. The molecule has 1 aromatic rings. The van der Waals surface area contributed by atoms with E-state index in [1.807, 2.05) is 7.05 Å². The van der Waals surface area contributed by atoms with Gasteiger partial charge in [-0.3, -0.25) is 0 Å². The van der Waals surface area contributed by atoms with E-state index in [0.29, 0.717) is 5.92 Å². The van der Waals surface area contributed by atoms with Gasteiger partial charge in [-0.1, -0.05) is 18.2 Å². The van der Waals surface area contributed by atoms with Crippen LogP contribution < -0.4 is 10.2 Å². The molecule has 16 heavy (non-hydrogen) atoms. The number of nitrogens with zero attached hydrogens (tertiary/aromatic N) is 1. The summed E-state index contributed by atoms with van der Waals surface area (Å²) in [5, 5.41) is 3.31. The van der Waals surface area contributed by atoms with Crippen molar-refractivity contribution in [3.63, 3.8) is 0 Å². The molecule has 1 atom stereocenters. The molecule has 1 saturated carbocycles. The number of benzene rings is 1. The van der Waals surface area contributed by atoms with Gasteiger partial charge in [0.25, 0.3) is 0 Å². The van der Waals surface area contributed by atoms with Gasteiger partial charge in [0.1, 0.15) is 0 Å². The van der Waals surface area contributed by atoms with Gasteiger partial charge in [-0.25, -0.2) is 0 Å². The van der Waals surface area contributed by atoms with Crippen LogP contribution in [0.15, 0.2) is 24.3 Å². The maximum Gasteiger partial charge on any atom is 0.0403 e. The predicted molar refractivity (Wildman–Crippen MR) is 68.0 cm³/mol. The van der Waals surface area contributed by atoms with Crippen molar-refractivity contribution >= 4 is 5.69 Å². The van der Waals surface area contributed by atoms with Crippen molar-refractivity contribution in [1.82, 2.24) is 5.32 Å². The van der Waals surface area contributed by atoms with Crippen molar-refractivity contribution in [3.05, 3.63) is 29.8 Å². The summed E-state index contributed by atoms with van der Waals surface area (Å²) in [4.78, 5) is 2.59. The minimum atomic E-state index is 0.681. The highest BCUT2D eigenvalue weighted by Crippen LogP contribution is 2.39. The van der Waals surface area contributed by atoms with Gasteiger partial charge in [-0.05, 0) is 37.4 Å². The Bertz CT molecular complexity index is 371. The Hall–Kier alpha value is -1.02. The summed E-state index contributed by atoms with van der Waals surface area (Å²) in [7, 11) is 2.05. The zero-order chi connectivity index (χ0) is 11.0. The largest absolute Gasteiger partial charge is 0.370 e. The van der Waals surface area contributed by atoms with E-state index >= 15 is 0 Å². The van der Waals surface area contributed by atoms with Crippen LogP contribution in [0.5, 0.6) is 0 Å². The Labute approximate surface area is 97.6 Å². The van der Waals surface area contributed by atoms with Crippen LogP contribution >= 0.6 is 0 Å². The fourth-order valence-corrected chi connectivity index (χ4v) is 2.79. The van der Waals surface area contributed by atoms with Gasteiger partial charge in [-0.15, -0.1) is 0 Å². The van der Waals surface area contributed by atoms with Gasteiger partial charge >= 0.3 is 0 Å². The van der Waals surface area contributed by atoms with E-state index in [2.05, 4.69) is 34.5 Å². The second-order valence-electron chi connectivity index (χ2n) is 5.16. The number of hydrogen-bond donors (Lipinski definition) is 1. The standard InChI is InChI=1S/C14H20N2/c1-15-8-12-10-16(9-11-6-7-11)14-5-3-2-4-13(12)14/h2-5,11-12,15H,6-10H2,1H3. The molecule has 0 saturated heterocycles. The fraction of sp³-hybridized carbons (Fsp3) is 0.571. The number of nitrogens with one attached hydrogen (secondary N) is 1. The smallest absolute Gasteiger partial charge is 0.0403 e. The van der Waals surface area contributed by atoms with E-state index in [1.165, 1.54) is 37.2 Å².